The topological polar surface area (TPSA) is 105 Å². The minimum absolute atomic E-state index is 0.136. The van der Waals surface area contributed by atoms with Crippen molar-refractivity contribution >= 4 is 45.6 Å². The van der Waals surface area contributed by atoms with Crippen LogP contribution < -0.4 is 25.8 Å². The van der Waals surface area contributed by atoms with E-state index in [-0.39, 0.29) is 48.6 Å². The zero-order chi connectivity index (χ0) is 28.2. The molecule has 1 saturated carbocycles. The summed E-state index contributed by atoms with van der Waals surface area (Å²) in [5.41, 5.74) is 1.71. The SMILES string of the molecule is C[C@@H]1CN(c2ncc(Cl)c(Nc3ccc4c(c3)c3c(c(=O)n4CCO)OCCC(C4CC4)N3)n2)C[C@H](C)C1(F)F. The van der Waals surface area contributed by atoms with Crippen LogP contribution in [0.25, 0.3) is 10.9 Å². The fraction of sp³-hybridized carbons (Fsp3) is 0.536. The predicted molar refractivity (Wildman–Crippen MR) is 151 cm³/mol. The number of ether oxygens (including phenoxy) is 1. The molecule has 1 aromatic carbocycles. The zero-order valence-electron chi connectivity index (χ0n) is 22.5. The van der Waals surface area contributed by atoms with Gasteiger partial charge in [-0.1, -0.05) is 25.4 Å². The highest BCUT2D eigenvalue weighted by molar-refractivity contribution is 6.33. The van der Waals surface area contributed by atoms with Crippen LogP contribution in [0.1, 0.15) is 33.1 Å². The van der Waals surface area contributed by atoms with Gasteiger partial charge in [0.15, 0.2) is 5.82 Å². The molecule has 1 aliphatic carbocycles. The maximum absolute atomic E-state index is 14.4. The molecule has 0 radical (unpaired) electrons. The number of piperidine rings is 1. The number of nitrogens with zero attached hydrogens (tertiary/aromatic N) is 4. The van der Waals surface area contributed by atoms with Gasteiger partial charge in [0.05, 0.1) is 30.6 Å². The molecule has 40 heavy (non-hydrogen) atoms. The molecule has 3 N–H and O–H groups in total. The number of anilines is 4. The molecule has 3 aromatic rings. The third-order valence-electron chi connectivity index (χ3n) is 8.32. The van der Waals surface area contributed by atoms with Gasteiger partial charge in [0.1, 0.15) is 5.02 Å². The molecule has 2 fully saturated rings. The van der Waals surface area contributed by atoms with Gasteiger partial charge in [-0.15, -0.1) is 0 Å². The van der Waals surface area contributed by atoms with Crippen LogP contribution in [0.2, 0.25) is 5.02 Å². The lowest BCUT2D eigenvalue weighted by Gasteiger charge is -2.41. The Morgan fingerprint density at radius 2 is 1.98 bits per heavy atom. The van der Waals surface area contributed by atoms with Gasteiger partial charge in [-0.2, -0.15) is 4.98 Å². The Kier molecular flexibility index (Phi) is 6.98. The van der Waals surface area contributed by atoms with Crippen LogP contribution in [0.5, 0.6) is 5.75 Å². The van der Waals surface area contributed by atoms with Crippen LogP contribution in [-0.2, 0) is 6.54 Å². The number of rotatable bonds is 6. The molecule has 6 rings (SSSR count). The highest BCUT2D eigenvalue weighted by atomic mass is 35.5. The van der Waals surface area contributed by atoms with E-state index in [1.807, 2.05) is 18.2 Å². The lowest BCUT2D eigenvalue weighted by atomic mass is 9.87. The monoisotopic (exact) mass is 574 g/mol. The Bertz CT molecular complexity index is 1480. The molecule has 12 heteroatoms. The average Bonchev–Trinajstić information content (AvgIpc) is 3.78. The quantitative estimate of drug-likeness (QED) is 0.383. The first-order chi connectivity index (χ1) is 19.2. The van der Waals surface area contributed by atoms with Crippen molar-refractivity contribution in [2.45, 2.75) is 51.6 Å². The van der Waals surface area contributed by atoms with Crippen molar-refractivity contribution in [3.8, 4) is 5.75 Å². The van der Waals surface area contributed by atoms with Crippen LogP contribution in [0.4, 0.5) is 31.9 Å². The van der Waals surface area contributed by atoms with Crippen LogP contribution >= 0.6 is 11.6 Å². The Labute approximate surface area is 235 Å². The number of aliphatic hydroxyl groups excluding tert-OH is 1. The summed E-state index contributed by atoms with van der Waals surface area (Å²) in [5, 5.41) is 17.6. The number of alkyl halides is 2. The minimum Gasteiger partial charge on any atom is -0.486 e. The smallest absolute Gasteiger partial charge is 0.295 e. The van der Waals surface area contributed by atoms with Crippen LogP contribution in [-0.4, -0.2) is 57.9 Å². The van der Waals surface area contributed by atoms with E-state index in [1.165, 1.54) is 24.6 Å². The second-order valence-corrected chi connectivity index (χ2v) is 11.6. The van der Waals surface area contributed by atoms with Crippen molar-refractivity contribution < 1.29 is 18.6 Å². The van der Waals surface area contributed by atoms with E-state index in [0.29, 0.717) is 41.2 Å². The lowest BCUT2D eigenvalue weighted by molar-refractivity contribution is -0.105. The summed E-state index contributed by atoms with van der Waals surface area (Å²) in [6.45, 7) is 3.74. The number of halogens is 3. The van der Waals surface area contributed by atoms with E-state index in [4.69, 9.17) is 16.3 Å². The number of hydrogen-bond acceptors (Lipinski definition) is 8. The summed E-state index contributed by atoms with van der Waals surface area (Å²) in [4.78, 5) is 24.0. The molecule has 214 valence electrons. The Morgan fingerprint density at radius 3 is 2.67 bits per heavy atom. The van der Waals surface area contributed by atoms with E-state index in [9.17, 15) is 18.7 Å². The molecular formula is C28H33ClF2N6O3. The molecule has 2 aliphatic heterocycles. The van der Waals surface area contributed by atoms with Gasteiger partial charge in [-0.05, 0) is 37.0 Å². The van der Waals surface area contributed by atoms with Gasteiger partial charge in [0.25, 0.3) is 11.5 Å². The second-order valence-electron chi connectivity index (χ2n) is 11.2. The van der Waals surface area contributed by atoms with Crippen molar-refractivity contribution in [2.75, 3.05) is 41.8 Å². The van der Waals surface area contributed by atoms with E-state index in [2.05, 4.69) is 20.6 Å². The first-order valence-corrected chi connectivity index (χ1v) is 14.2. The third-order valence-corrected chi connectivity index (χ3v) is 8.60. The Hall–Kier alpha value is -3.18. The van der Waals surface area contributed by atoms with Gasteiger partial charge < -0.3 is 29.9 Å². The van der Waals surface area contributed by atoms with Crippen molar-refractivity contribution in [3.05, 3.63) is 39.8 Å². The normalized spacial score (nSPS) is 24.1. The maximum atomic E-state index is 14.4. The van der Waals surface area contributed by atoms with Gasteiger partial charge in [0.2, 0.25) is 11.7 Å². The van der Waals surface area contributed by atoms with E-state index in [1.54, 1.807) is 4.90 Å². The number of fused-ring (bicyclic) bond motifs is 3. The molecule has 0 amide bonds. The summed E-state index contributed by atoms with van der Waals surface area (Å²) in [5.74, 6) is -2.94. The highest BCUT2D eigenvalue weighted by Gasteiger charge is 2.47. The number of hydrogen-bond donors (Lipinski definition) is 3. The first kappa shape index (κ1) is 27.0. The zero-order valence-corrected chi connectivity index (χ0v) is 23.2. The second kappa shape index (κ2) is 10.3. The molecule has 3 atom stereocenters. The van der Waals surface area contributed by atoms with E-state index < -0.39 is 17.8 Å². The molecule has 1 saturated heterocycles. The van der Waals surface area contributed by atoms with E-state index in [0.717, 1.165) is 24.6 Å². The van der Waals surface area contributed by atoms with Crippen molar-refractivity contribution in [2.24, 2.45) is 17.8 Å². The summed E-state index contributed by atoms with van der Waals surface area (Å²) in [7, 11) is 0. The summed E-state index contributed by atoms with van der Waals surface area (Å²) in [6, 6.07) is 5.74. The van der Waals surface area contributed by atoms with Crippen molar-refractivity contribution in [1.82, 2.24) is 14.5 Å². The molecule has 3 aliphatic rings. The Morgan fingerprint density at radius 1 is 1.23 bits per heavy atom. The number of benzene rings is 1. The summed E-state index contributed by atoms with van der Waals surface area (Å²) >= 11 is 6.46. The third kappa shape index (κ3) is 4.83. The molecule has 1 unspecified atom stereocenters. The van der Waals surface area contributed by atoms with Crippen LogP contribution in [0.3, 0.4) is 0 Å². The standard InChI is InChI=1S/C28H33ClF2N6O3/c1-15-13-36(14-16(2)28(15,30)31)27-32-12-20(29)25(35-27)33-18-5-6-22-19(11-18)23-24(26(39)37(22)8-9-38)40-10-7-21(34-23)17-3-4-17/h5-6,11-12,15-17,21,34,38H,3-4,7-10,13-14H2,1-2H3,(H,32,33,35)/t15-,16+,21?. The fourth-order valence-electron chi connectivity index (χ4n) is 5.87. The van der Waals surface area contributed by atoms with Gasteiger partial charge in [-0.25, -0.2) is 13.8 Å². The molecule has 4 heterocycles. The highest BCUT2D eigenvalue weighted by Crippen LogP contribution is 2.42. The van der Waals surface area contributed by atoms with E-state index >= 15 is 0 Å². The largest absolute Gasteiger partial charge is 0.486 e. The fourth-order valence-corrected chi connectivity index (χ4v) is 6.01. The van der Waals surface area contributed by atoms with Gasteiger partial charge in [0, 0.05) is 55.0 Å². The number of aromatic nitrogens is 3. The summed E-state index contributed by atoms with van der Waals surface area (Å²) < 4.78 is 36.3. The van der Waals surface area contributed by atoms with Crippen molar-refractivity contribution in [3.63, 3.8) is 0 Å². The van der Waals surface area contributed by atoms with Crippen molar-refractivity contribution in [1.29, 1.82) is 0 Å². The van der Waals surface area contributed by atoms with Crippen LogP contribution in [0.15, 0.2) is 29.2 Å². The first-order valence-electron chi connectivity index (χ1n) is 13.8. The lowest BCUT2D eigenvalue weighted by Crippen LogP contribution is -2.52. The molecule has 0 bridgehead atoms. The molecular weight excluding hydrogens is 542 g/mol. The number of aliphatic hydroxyl groups is 1. The average molecular weight is 575 g/mol. The maximum Gasteiger partial charge on any atom is 0.295 e. The van der Waals surface area contributed by atoms with Gasteiger partial charge >= 0.3 is 0 Å². The van der Waals surface area contributed by atoms with Gasteiger partial charge in [-0.3, -0.25) is 4.79 Å². The Balaban J connectivity index is 1.37. The number of pyridine rings is 1. The molecule has 0 spiro atoms. The molecule has 2 aromatic heterocycles. The van der Waals surface area contributed by atoms with Crippen LogP contribution in [0, 0.1) is 17.8 Å². The predicted octanol–water partition coefficient (Wildman–Crippen LogP) is 4.88. The summed E-state index contributed by atoms with van der Waals surface area (Å²) in [6.07, 6.45) is 4.58. The molecule has 9 nitrogen and oxygen atoms in total. The minimum atomic E-state index is -2.75. The number of nitrogens with one attached hydrogen (secondary N) is 2.